The molecule has 0 fully saturated rings. The number of nitrogens with zero attached hydrogens (tertiary/aromatic N) is 1. The summed E-state index contributed by atoms with van der Waals surface area (Å²) in [6.45, 7) is 1.98. The van der Waals surface area contributed by atoms with Gasteiger partial charge in [0.2, 0.25) is 0 Å². The van der Waals surface area contributed by atoms with Crippen LogP contribution in [0, 0.1) is 6.92 Å². The highest BCUT2D eigenvalue weighted by Gasteiger charge is 2.06. The highest BCUT2D eigenvalue weighted by Crippen LogP contribution is 2.29. The Morgan fingerprint density at radius 2 is 1.81 bits per heavy atom. The molecule has 1 aromatic heterocycles. The van der Waals surface area contributed by atoms with E-state index in [0.29, 0.717) is 22.4 Å². The van der Waals surface area contributed by atoms with Crippen molar-refractivity contribution in [2.24, 2.45) is 0 Å². The molecule has 0 unspecified atom stereocenters. The molecule has 0 atom stereocenters. The van der Waals surface area contributed by atoms with Crippen LogP contribution in [0.5, 0.6) is 11.5 Å². The first-order chi connectivity index (χ1) is 10.1. The maximum Gasteiger partial charge on any atom is 0.176 e. The number of methoxy groups -OCH3 is 2. The van der Waals surface area contributed by atoms with E-state index in [-0.39, 0.29) is 0 Å². The molecule has 0 radical (unpaired) electrons. The number of hydrogen-bond acceptors (Lipinski definition) is 4. The van der Waals surface area contributed by atoms with Crippen LogP contribution in [-0.2, 0) is 0 Å². The molecule has 0 aliphatic carbocycles. The molecule has 0 aliphatic rings. The molecule has 0 saturated carbocycles. The van der Waals surface area contributed by atoms with Gasteiger partial charge < -0.3 is 20.1 Å². The summed E-state index contributed by atoms with van der Waals surface area (Å²) in [6.07, 6.45) is 1.78. The van der Waals surface area contributed by atoms with E-state index in [1.165, 1.54) is 0 Å². The molecule has 6 heteroatoms. The molecule has 0 spiro atoms. The molecular formula is C15H17N3O2S. The van der Waals surface area contributed by atoms with Gasteiger partial charge in [0.25, 0.3) is 0 Å². The zero-order valence-corrected chi connectivity index (χ0v) is 13.0. The predicted octanol–water partition coefficient (Wildman–Crippen LogP) is 3.22. The van der Waals surface area contributed by atoms with Crippen LogP contribution in [0.25, 0.3) is 0 Å². The lowest BCUT2D eigenvalue weighted by Gasteiger charge is -2.12. The molecule has 0 bridgehead atoms. The highest BCUT2D eigenvalue weighted by molar-refractivity contribution is 7.80. The molecule has 0 saturated heterocycles. The molecule has 2 rings (SSSR count). The summed E-state index contributed by atoms with van der Waals surface area (Å²) in [7, 11) is 3.19. The molecular weight excluding hydrogens is 286 g/mol. The average Bonchev–Trinajstić information content (AvgIpc) is 2.49. The second kappa shape index (κ2) is 6.90. The van der Waals surface area contributed by atoms with Crippen molar-refractivity contribution in [3.05, 3.63) is 42.1 Å². The molecule has 21 heavy (non-hydrogen) atoms. The highest BCUT2D eigenvalue weighted by atomic mass is 32.1. The van der Waals surface area contributed by atoms with Gasteiger partial charge in [0, 0.05) is 18.0 Å². The Morgan fingerprint density at radius 3 is 2.43 bits per heavy atom. The van der Waals surface area contributed by atoms with Gasteiger partial charge in [0.1, 0.15) is 5.82 Å². The minimum absolute atomic E-state index is 0.457. The largest absolute Gasteiger partial charge is 0.493 e. The van der Waals surface area contributed by atoms with E-state index >= 15 is 0 Å². The quantitative estimate of drug-likeness (QED) is 0.846. The first-order valence-corrected chi connectivity index (χ1v) is 6.76. The molecule has 110 valence electrons. The summed E-state index contributed by atoms with van der Waals surface area (Å²) in [5.41, 5.74) is 1.90. The van der Waals surface area contributed by atoms with Crippen molar-refractivity contribution in [2.45, 2.75) is 6.92 Å². The number of ether oxygens (including phenoxy) is 2. The zero-order chi connectivity index (χ0) is 15.2. The molecule has 1 aromatic carbocycles. The monoisotopic (exact) mass is 303 g/mol. The molecule has 5 nitrogen and oxygen atoms in total. The van der Waals surface area contributed by atoms with Crippen LogP contribution in [0.1, 0.15) is 5.56 Å². The van der Waals surface area contributed by atoms with E-state index in [1.54, 1.807) is 20.4 Å². The van der Waals surface area contributed by atoms with E-state index < -0.39 is 0 Å². The first-order valence-electron chi connectivity index (χ1n) is 6.35. The van der Waals surface area contributed by atoms with E-state index in [9.17, 15) is 0 Å². The van der Waals surface area contributed by atoms with Crippen LogP contribution < -0.4 is 20.1 Å². The maximum atomic E-state index is 5.26. The normalized spacial score (nSPS) is 9.86. The fraction of sp³-hybridized carbons (Fsp3) is 0.200. The number of rotatable bonds is 4. The third-order valence-corrected chi connectivity index (χ3v) is 3.00. The molecule has 2 N–H and O–H groups in total. The standard InChI is InChI=1S/C15H17N3O2S/c1-10-4-7-14(16-9-10)18-15(21)17-11-5-6-12(19-2)13(8-11)20-3/h4-9H,1-3H3,(H2,16,17,18,21). The summed E-state index contributed by atoms with van der Waals surface area (Å²) in [5.74, 6) is 2.00. The Bertz CT molecular complexity index is 629. The van der Waals surface area contributed by atoms with Gasteiger partial charge in [-0.15, -0.1) is 0 Å². The Balaban J connectivity index is 2.04. The summed E-state index contributed by atoms with van der Waals surface area (Å²) in [4.78, 5) is 4.24. The molecule has 1 heterocycles. The van der Waals surface area contributed by atoms with Crippen molar-refractivity contribution in [3.8, 4) is 11.5 Å². The van der Waals surface area contributed by atoms with Gasteiger partial charge in [0.05, 0.1) is 14.2 Å². The van der Waals surface area contributed by atoms with Crippen molar-refractivity contribution in [1.29, 1.82) is 0 Å². The number of aromatic nitrogens is 1. The van der Waals surface area contributed by atoms with Gasteiger partial charge in [0.15, 0.2) is 16.6 Å². The summed E-state index contributed by atoms with van der Waals surface area (Å²) < 4.78 is 10.4. The predicted molar refractivity (Wildman–Crippen MR) is 88.4 cm³/mol. The summed E-state index contributed by atoms with van der Waals surface area (Å²) >= 11 is 5.26. The fourth-order valence-electron chi connectivity index (χ4n) is 1.73. The van der Waals surface area contributed by atoms with Crippen molar-refractivity contribution in [1.82, 2.24) is 4.98 Å². The van der Waals surface area contributed by atoms with Crippen LogP contribution in [0.3, 0.4) is 0 Å². The summed E-state index contributed by atoms with van der Waals surface area (Å²) in [6, 6.07) is 9.33. The Morgan fingerprint density at radius 1 is 1.05 bits per heavy atom. The van der Waals surface area contributed by atoms with Gasteiger partial charge >= 0.3 is 0 Å². The van der Waals surface area contributed by atoms with Crippen LogP contribution in [0.2, 0.25) is 0 Å². The van der Waals surface area contributed by atoms with Gasteiger partial charge in [-0.1, -0.05) is 6.07 Å². The number of anilines is 2. The van der Waals surface area contributed by atoms with E-state index in [1.807, 2.05) is 37.3 Å². The lowest BCUT2D eigenvalue weighted by molar-refractivity contribution is 0.355. The Hall–Kier alpha value is -2.34. The lowest BCUT2D eigenvalue weighted by atomic mass is 10.3. The number of benzene rings is 1. The Kier molecular flexibility index (Phi) is 4.94. The maximum absolute atomic E-state index is 5.26. The van der Waals surface area contributed by atoms with Crippen LogP contribution in [0.4, 0.5) is 11.5 Å². The molecule has 0 amide bonds. The van der Waals surface area contributed by atoms with E-state index in [2.05, 4.69) is 15.6 Å². The van der Waals surface area contributed by atoms with Gasteiger partial charge in [-0.3, -0.25) is 0 Å². The second-order valence-corrected chi connectivity index (χ2v) is 4.78. The van der Waals surface area contributed by atoms with Gasteiger partial charge in [-0.25, -0.2) is 4.98 Å². The SMILES string of the molecule is COc1ccc(NC(=S)Nc2ccc(C)cn2)cc1OC. The number of pyridine rings is 1. The van der Waals surface area contributed by atoms with Crippen LogP contribution in [0.15, 0.2) is 36.5 Å². The van der Waals surface area contributed by atoms with E-state index in [0.717, 1.165) is 11.3 Å². The van der Waals surface area contributed by atoms with Crippen LogP contribution >= 0.6 is 12.2 Å². The number of hydrogen-bond donors (Lipinski definition) is 2. The summed E-state index contributed by atoms with van der Waals surface area (Å²) in [5, 5.41) is 6.55. The Labute approximate surface area is 129 Å². The number of nitrogens with one attached hydrogen (secondary N) is 2. The van der Waals surface area contributed by atoms with Gasteiger partial charge in [-0.05, 0) is 42.9 Å². The van der Waals surface area contributed by atoms with Gasteiger partial charge in [-0.2, -0.15) is 0 Å². The second-order valence-electron chi connectivity index (χ2n) is 4.37. The minimum Gasteiger partial charge on any atom is -0.493 e. The van der Waals surface area contributed by atoms with Crippen LogP contribution in [-0.4, -0.2) is 24.3 Å². The third-order valence-electron chi connectivity index (χ3n) is 2.79. The van der Waals surface area contributed by atoms with Crippen molar-refractivity contribution < 1.29 is 9.47 Å². The fourth-order valence-corrected chi connectivity index (χ4v) is 1.96. The molecule has 2 aromatic rings. The third kappa shape index (κ3) is 4.06. The minimum atomic E-state index is 0.457. The zero-order valence-electron chi connectivity index (χ0n) is 12.1. The first kappa shape index (κ1) is 15.1. The number of thiocarbonyl (C=S) groups is 1. The average molecular weight is 303 g/mol. The van der Waals surface area contributed by atoms with E-state index in [4.69, 9.17) is 21.7 Å². The topological polar surface area (TPSA) is 55.4 Å². The smallest absolute Gasteiger partial charge is 0.176 e. The van der Waals surface area contributed by atoms with Crippen molar-refractivity contribution >= 4 is 28.8 Å². The molecule has 0 aliphatic heterocycles. The van der Waals surface area contributed by atoms with Crippen molar-refractivity contribution in [3.63, 3.8) is 0 Å². The lowest BCUT2D eigenvalue weighted by Crippen LogP contribution is -2.19. The number of aryl methyl sites for hydroxylation is 1. The van der Waals surface area contributed by atoms with Crippen molar-refractivity contribution in [2.75, 3.05) is 24.9 Å².